The number of hydrogen-bond donors (Lipinski definition) is 2. The third-order valence-electron chi connectivity index (χ3n) is 27.0. The molecule has 0 spiro atoms. The third-order valence-corrected chi connectivity index (χ3v) is 36.7. The topological polar surface area (TPSA) is 212 Å². The van der Waals surface area contributed by atoms with Gasteiger partial charge in [0.1, 0.15) is 85.1 Å². The molecule has 15 aromatic rings. The van der Waals surface area contributed by atoms with Gasteiger partial charge in [-0.3, -0.25) is 0 Å². The summed E-state index contributed by atoms with van der Waals surface area (Å²) in [5.74, 6) is 3.66. The first-order valence-electron chi connectivity index (χ1n) is 51.6. The minimum atomic E-state index is 0.167. The number of nitrogens with one attached hydrogen (secondary N) is 2. The molecule has 17 rings (SSSR count). The Kier molecular flexibility index (Phi) is 32.2. The van der Waals surface area contributed by atoms with Crippen molar-refractivity contribution in [2.75, 3.05) is 0 Å². The highest BCUT2D eigenvalue weighted by Crippen LogP contribution is 2.55. The zero-order valence-electron chi connectivity index (χ0n) is 89.6. The minimum absolute atomic E-state index is 0.167. The molecule has 0 radical (unpaired) electrons. The van der Waals surface area contributed by atoms with Crippen molar-refractivity contribution in [1.82, 2.24) is 79.7 Å². The van der Waals surface area contributed by atoms with Gasteiger partial charge in [0.25, 0.3) is 0 Å². The van der Waals surface area contributed by atoms with Crippen molar-refractivity contribution in [2.24, 2.45) is 0 Å². The van der Waals surface area contributed by atoms with Crippen LogP contribution in [-0.2, 0) is 0 Å². The summed E-state index contributed by atoms with van der Waals surface area (Å²) >= 11 is 13.4. The molecule has 8 bridgehead atoms. The van der Waals surface area contributed by atoms with E-state index in [1.165, 1.54) is 89.0 Å². The van der Waals surface area contributed by atoms with Crippen molar-refractivity contribution in [2.45, 2.75) is 396 Å². The molecule has 0 fully saturated rings. The van der Waals surface area contributed by atoms with Crippen LogP contribution in [-0.4, -0.2) is 79.7 Å². The van der Waals surface area contributed by atoms with E-state index in [1.54, 1.807) is 94.1 Å². The van der Waals surface area contributed by atoms with Crippen LogP contribution in [0.5, 0.6) is 0 Å². The summed E-state index contributed by atoms with van der Waals surface area (Å²) in [6.07, 6.45) is 0. The summed E-state index contributed by atoms with van der Waals surface area (Å²) < 4.78 is 0. The molecule has 7 aromatic heterocycles. The molecule has 9 heterocycles. The van der Waals surface area contributed by atoms with E-state index in [0.717, 1.165) is 39.2 Å². The summed E-state index contributed by atoms with van der Waals surface area (Å²) in [5.41, 5.74) is 24.4. The van der Waals surface area contributed by atoms with Gasteiger partial charge in [-0.1, -0.05) is 461 Å². The van der Waals surface area contributed by atoms with Crippen molar-refractivity contribution in [3.05, 3.63) is 235 Å². The number of nitrogens with zero attached hydrogens (tertiary/aromatic N) is 14. The lowest BCUT2D eigenvalue weighted by Gasteiger charge is -2.21. The van der Waals surface area contributed by atoms with E-state index in [0.29, 0.717) is 108 Å². The van der Waals surface area contributed by atoms with Crippen LogP contribution in [0, 0.1) is 0 Å². The number of aromatic nitrogens is 16. The fourth-order valence-electron chi connectivity index (χ4n) is 18.9. The van der Waals surface area contributed by atoms with Crippen LogP contribution in [0.25, 0.3) is 90.7 Å². The van der Waals surface area contributed by atoms with Crippen LogP contribution in [0.4, 0.5) is 0 Å². The van der Waals surface area contributed by atoms with Gasteiger partial charge in [0.15, 0.2) is 45.9 Å². The smallest absolute Gasteiger partial charge is 0.184 e. The first-order valence-corrected chi connectivity index (χ1v) is 58.1. The van der Waals surface area contributed by atoms with E-state index in [2.05, 4.69) is 377 Å². The maximum atomic E-state index is 6.09. The Labute approximate surface area is 887 Å². The quantitative estimate of drug-likeness (QED) is 0.0401. The minimum Gasteiger partial charge on any atom is -0.321 e. The average Bonchev–Trinajstić information content (AvgIpc) is 1.62. The van der Waals surface area contributed by atoms with Crippen molar-refractivity contribution < 1.29 is 0 Å². The van der Waals surface area contributed by atoms with Gasteiger partial charge in [-0.15, -0.1) is 0 Å². The highest BCUT2D eigenvalue weighted by Gasteiger charge is 2.37. The van der Waals surface area contributed by atoms with Gasteiger partial charge in [-0.25, -0.2) is 69.8 Å². The van der Waals surface area contributed by atoms with Crippen LogP contribution in [0.15, 0.2) is 225 Å². The molecule has 24 heteroatoms. The summed E-state index contributed by atoms with van der Waals surface area (Å²) in [7, 11) is 0. The van der Waals surface area contributed by atoms with E-state index in [1.807, 2.05) is 0 Å². The Morgan fingerprint density at radius 1 is 0.146 bits per heavy atom. The highest BCUT2D eigenvalue weighted by molar-refractivity contribution is 8.03. The Balaban J connectivity index is 1.09. The standard InChI is InChI=1S/C120H138N16S8/c1-57(2)73-41-33-42-74(58(3)4)97(73)137-113-114(138-98-75(59(5)6)43-34-44-76(98)60(7)8)122-90-89(121-113)105-129-106(90)134-108-93-94(126-118(142-102-83(67(21)22)51-38-52-84(102)68(23)24)117(125-93)141-101-81(65(17)18)49-37-50-82(101)66(19)20)110(131-108)136-112-96-95(127-119(143-103-85(69(25)26)53-39-54-86(103)70(27)28)120(128-96)144-104-87(71(29)30)55-40-56-88(104)72(31)32)111(132-112)135-109-92-91(107(130-109)133-105)123-115(139-99-77(61(9)10)45-35-46-78(99)62(11)12)116(124-92)140-100-79(63(13)14)47-36-48-80(100)64(15)16/h33-72H,1-32H3,(H2,129,130,131,132,133,134,135,136). The monoisotopic (exact) mass is 2060 g/mol. The van der Waals surface area contributed by atoms with E-state index in [4.69, 9.17) is 69.8 Å². The molecule has 0 saturated heterocycles. The summed E-state index contributed by atoms with van der Waals surface area (Å²) in [6, 6.07) is 53.9. The van der Waals surface area contributed by atoms with Crippen LogP contribution in [0.1, 0.15) is 405 Å². The Morgan fingerprint density at radius 3 is 0.368 bits per heavy atom. The van der Waals surface area contributed by atoms with E-state index >= 15 is 0 Å². The molecule has 2 N–H and O–H groups in total. The Hall–Kier alpha value is -9.76. The number of benzene rings is 8. The normalized spacial score (nSPS) is 12.6. The third kappa shape index (κ3) is 21.4. The highest BCUT2D eigenvalue weighted by atomic mass is 32.2. The first kappa shape index (κ1) is 106. The second-order valence-electron chi connectivity index (χ2n) is 43.2. The van der Waals surface area contributed by atoms with Gasteiger partial charge in [0.05, 0.1) is 0 Å². The van der Waals surface area contributed by atoms with Gasteiger partial charge in [-0.2, -0.15) is 0 Å². The fourth-order valence-corrected chi connectivity index (χ4v) is 30.4. The molecule has 0 aliphatic carbocycles. The molecule has 16 nitrogen and oxygen atoms in total. The zero-order valence-corrected chi connectivity index (χ0v) is 96.2. The fraction of sp³-hybridized carbons (Fsp3) is 0.400. The molecule has 0 unspecified atom stereocenters. The Morgan fingerprint density at radius 2 is 0.257 bits per heavy atom. The SMILES string of the molecule is CC(C)c1cccc(C(C)C)c1Sc1nc2c(nc1Sc1c(C(C)C)cccc1C(C)C)-c1nc-2nc2[nH]c(nc3nc(nc4[nH]c(n1)c1nc(Sc5c(C(C)C)cccc5C(C)C)c(Sc5c(C(C)C)cccc5C(C)C)nc41)-c1nc(Sc4c(C(C)C)cccc4C(C)C)c(Sc4c(C(C)C)cccc4C(C)C)nc1-3)c1nc(Sc3c(C(C)C)cccc3C(C)C)c(Sc3c(C(C)C)cccc3C(C)C)nc21. The molecule has 0 saturated carbocycles. The lowest BCUT2D eigenvalue weighted by Crippen LogP contribution is -2.03. The van der Waals surface area contributed by atoms with Crippen molar-refractivity contribution in [1.29, 1.82) is 0 Å². The first-order chi connectivity index (χ1) is 68.6. The van der Waals surface area contributed by atoms with Crippen LogP contribution in [0.3, 0.4) is 0 Å². The van der Waals surface area contributed by atoms with Crippen LogP contribution < -0.4 is 0 Å². The second-order valence-corrected chi connectivity index (χ2v) is 51.1. The van der Waals surface area contributed by atoms with Crippen molar-refractivity contribution in [3.8, 4) is 46.1 Å². The van der Waals surface area contributed by atoms with Crippen LogP contribution >= 0.6 is 94.1 Å². The summed E-state index contributed by atoms with van der Waals surface area (Å²) in [4.78, 5) is 101. The van der Waals surface area contributed by atoms with Gasteiger partial charge in [0.2, 0.25) is 0 Å². The molecule has 746 valence electrons. The summed E-state index contributed by atoms with van der Waals surface area (Å²) in [6.45, 7) is 73.0. The molecular weight excluding hydrogens is 1920 g/mol. The second kappa shape index (κ2) is 44.0. The van der Waals surface area contributed by atoms with Crippen molar-refractivity contribution >= 4 is 139 Å². The number of rotatable bonds is 32. The lowest BCUT2D eigenvalue weighted by molar-refractivity contribution is 0.789. The van der Waals surface area contributed by atoms with Gasteiger partial charge < -0.3 is 9.97 Å². The molecule has 8 aromatic carbocycles. The number of fused-ring (bicyclic) bond motifs is 20. The Bertz CT molecular complexity index is 6520. The molecular formula is C120H138N16S8. The molecule has 0 atom stereocenters. The van der Waals surface area contributed by atoms with E-state index in [-0.39, 0.29) is 118 Å². The number of aromatic amines is 2. The predicted molar refractivity (Wildman–Crippen MR) is 608 cm³/mol. The predicted octanol–water partition coefficient (Wildman–Crippen LogP) is 37.2. The van der Waals surface area contributed by atoms with E-state index < -0.39 is 0 Å². The molecule has 0 amide bonds. The maximum Gasteiger partial charge on any atom is 0.184 e. The summed E-state index contributed by atoms with van der Waals surface area (Å²) in [5, 5.41) is 5.62. The number of H-pyrrole nitrogens is 2. The number of hydrogen-bond acceptors (Lipinski definition) is 22. The molecule has 2 aliphatic heterocycles. The van der Waals surface area contributed by atoms with Gasteiger partial charge >= 0.3 is 0 Å². The van der Waals surface area contributed by atoms with Crippen LogP contribution in [0.2, 0.25) is 0 Å². The molecule has 144 heavy (non-hydrogen) atoms. The zero-order chi connectivity index (χ0) is 103. The van der Waals surface area contributed by atoms with Crippen molar-refractivity contribution in [3.63, 3.8) is 0 Å². The van der Waals surface area contributed by atoms with Gasteiger partial charge in [0, 0.05) is 39.2 Å². The largest absolute Gasteiger partial charge is 0.321 e. The van der Waals surface area contributed by atoms with E-state index in [9.17, 15) is 0 Å². The molecule has 2 aliphatic rings. The maximum absolute atomic E-state index is 6.09. The average molecular weight is 2060 g/mol. The van der Waals surface area contributed by atoms with Gasteiger partial charge in [-0.05, 0) is 184 Å². The lowest BCUT2D eigenvalue weighted by atomic mass is 9.95.